The SMILES string of the molecule is NC1(CNC(=O)Nc2ccccc2Cl)CCCCC1. The molecule has 1 fully saturated rings. The van der Waals surface area contributed by atoms with Crippen molar-refractivity contribution in [1.82, 2.24) is 5.32 Å². The minimum atomic E-state index is -0.261. The molecule has 0 radical (unpaired) electrons. The molecule has 1 saturated carbocycles. The second kappa shape index (κ2) is 6.26. The highest BCUT2D eigenvalue weighted by Crippen LogP contribution is 2.25. The maximum atomic E-state index is 11.8. The molecule has 1 aliphatic rings. The van der Waals surface area contributed by atoms with Crippen LogP contribution in [0, 0.1) is 0 Å². The maximum Gasteiger partial charge on any atom is 0.319 e. The van der Waals surface area contributed by atoms with Gasteiger partial charge >= 0.3 is 6.03 Å². The van der Waals surface area contributed by atoms with Gasteiger partial charge < -0.3 is 16.4 Å². The standard InChI is InChI=1S/C14H20ClN3O/c15-11-6-2-3-7-12(11)18-13(19)17-10-14(16)8-4-1-5-9-14/h2-3,6-7H,1,4-5,8-10,16H2,(H2,17,18,19). The van der Waals surface area contributed by atoms with Crippen LogP contribution in [0.2, 0.25) is 5.02 Å². The zero-order valence-corrected chi connectivity index (χ0v) is 11.7. The van der Waals surface area contributed by atoms with E-state index in [1.54, 1.807) is 12.1 Å². The summed E-state index contributed by atoms with van der Waals surface area (Å²) in [5.41, 5.74) is 6.62. The first-order valence-corrected chi connectivity index (χ1v) is 7.05. The third-order valence-corrected chi connectivity index (χ3v) is 3.90. The van der Waals surface area contributed by atoms with Crippen LogP contribution in [-0.2, 0) is 0 Å². The second-order valence-corrected chi connectivity index (χ2v) is 5.62. The number of nitrogens with two attached hydrogens (primary N) is 1. The topological polar surface area (TPSA) is 67.1 Å². The lowest BCUT2D eigenvalue weighted by atomic mass is 9.82. The molecular weight excluding hydrogens is 262 g/mol. The molecule has 4 nitrogen and oxygen atoms in total. The van der Waals surface area contributed by atoms with Crippen molar-refractivity contribution in [3.63, 3.8) is 0 Å². The summed E-state index contributed by atoms with van der Waals surface area (Å²) in [4.78, 5) is 11.8. The molecule has 0 saturated heterocycles. The summed E-state index contributed by atoms with van der Waals surface area (Å²) in [6, 6.07) is 6.89. The average molecular weight is 282 g/mol. The first-order chi connectivity index (χ1) is 9.09. The van der Waals surface area contributed by atoms with Crippen molar-refractivity contribution >= 4 is 23.3 Å². The summed E-state index contributed by atoms with van der Waals surface area (Å²) in [6.07, 6.45) is 5.47. The molecule has 1 aliphatic carbocycles. The van der Waals surface area contributed by atoms with Gasteiger partial charge in [-0.15, -0.1) is 0 Å². The monoisotopic (exact) mass is 281 g/mol. The third kappa shape index (κ3) is 4.11. The average Bonchev–Trinajstić information content (AvgIpc) is 2.40. The lowest BCUT2D eigenvalue weighted by molar-refractivity contribution is 0.241. The van der Waals surface area contributed by atoms with Crippen LogP contribution in [0.15, 0.2) is 24.3 Å². The van der Waals surface area contributed by atoms with E-state index in [1.165, 1.54) is 6.42 Å². The minimum Gasteiger partial charge on any atom is -0.336 e. The van der Waals surface area contributed by atoms with E-state index in [2.05, 4.69) is 10.6 Å². The highest BCUT2D eigenvalue weighted by Gasteiger charge is 2.27. The Balaban J connectivity index is 1.83. The molecule has 1 aromatic carbocycles. The summed E-state index contributed by atoms with van der Waals surface area (Å²) in [5, 5.41) is 6.09. The lowest BCUT2D eigenvalue weighted by Crippen LogP contribution is -2.52. The summed E-state index contributed by atoms with van der Waals surface area (Å²) >= 11 is 5.98. The van der Waals surface area contributed by atoms with Crippen LogP contribution >= 0.6 is 11.6 Å². The number of nitrogens with one attached hydrogen (secondary N) is 2. The number of anilines is 1. The first-order valence-electron chi connectivity index (χ1n) is 6.67. The van der Waals surface area contributed by atoms with Crippen molar-refractivity contribution < 1.29 is 4.79 Å². The number of carbonyl (C=O) groups excluding carboxylic acids is 1. The van der Waals surface area contributed by atoms with Gasteiger partial charge in [0.05, 0.1) is 10.7 Å². The van der Waals surface area contributed by atoms with Crippen LogP contribution < -0.4 is 16.4 Å². The van der Waals surface area contributed by atoms with E-state index in [0.29, 0.717) is 17.3 Å². The zero-order chi connectivity index (χ0) is 13.7. The van der Waals surface area contributed by atoms with Crippen LogP contribution in [0.25, 0.3) is 0 Å². The maximum absolute atomic E-state index is 11.8. The minimum absolute atomic E-state index is 0.254. The van der Waals surface area contributed by atoms with Crippen LogP contribution in [0.5, 0.6) is 0 Å². The second-order valence-electron chi connectivity index (χ2n) is 5.21. The summed E-state index contributed by atoms with van der Waals surface area (Å²) in [7, 11) is 0. The quantitative estimate of drug-likeness (QED) is 0.797. The first kappa shape index (κ1) is 14.2. The molecule has 2 amide bonds. The molecule has 0 unspecified atom stereocenters. The van der Waals surface area contributed by atoms with Gasteiger partial charge in [-0.1, -0.05) is 43.0 Å². The molecule has 2 rings (SSSR count). The van der Waals surface area contributed by atoms with Gasteiger partial charge in [-0.3, -0.25) is 0 Å². The Morgan fingerprint density at radius 3 is 2.63 bits per heavy atom. The lowest BCUT2D eigenvalue weighted by Gasteiger charge is -2.33. The molecule has 0 aliphatic heterocycles. The molecule has 0 heterocycles. The van der Waals surface area contributed by atoms with Gasteiger partial charge in [0.15, 0.2) is 0 Å². The molecular formula is C14H20ClN3O. The normalized spacial score (nSPS) is 17.8. The Hall–Kier alpha value is -1.26. The predicted molar refractivity (Wildman–Crippen MR) is 78.5 cm³/mol. The molecule has 0 spiro atoms. The van der Waals surface area contributed by atoms with Gasteiger partial charge in [-0.2, -0.15) is 0 Å². The molecule has 1 aromatic rings. The van der Waals surface area contributed by atoms with Crippen molar-refractivity contribution in [2.75, 3.05) is 11.9 Å². The van der Waals surface area contributed by atoms with E-state index in [-0.39, 0.29) is 11.6 Å². The van der Waals surface area contributed by atoms with Crippen LogP contribution in [0.4, 0.5) is 10.5 Å². The predicted octanol–water partition coefficient (Wildman–Crippen LogP) is 3.12. The Morgan fingerprint density at radius 2 is 1.95 bits per heavy atom. The molecule has 0 atom stereocenters. The molecule has 5 heteroatoms. The largest absolute Gasteiger partial charge is 0.336 e. The van der Waals surface area contributed by atoms with Gasteiger partial charge in [-0.05, 0) is 25.0 Å². The van der Waals surface area contributed by atoms with E-state index in [0.717, 1.165) is 25.7 Å². The highest BCUT2D eigenvalue weighted by atomic mass is 35.5. The fraction of sp³-hybridized carbons (Fsp3) is 0.500. The number of urea groups is 1. The van der Waals surface area contributed by atoms with Crippen molar-refractivity contribution in [1.29, 1.82) is 0 Å². The van der Waals surface area contributed by atoms with Crippen LogP contribution in [-0.4, -0.2) is 18.1 Å². The number of halogens is 1. The van der Waals surface area contributed by atoms with Crippen LogP contribution in [0.1, 0.15) is 32.1 Å². The zero-order valence-electron chi connectivity index (χ0n) is 10.9. The summed E-state index contributed by atoms with van der Waals surface area (Å²) in [5.74, 6) is 0. The Kier molecular flexibility index (Phi) is 4.66. The van der Waals surface area contributed by atoms with Gasteiger partial charge in [0.1, 0.15) is 0 Å². The Labute approximate surface area is 118 Å². The van der Waals surface area contributed by atoms with E-state index >= 15 is 0 Å². The smallest absolute Gasteiger partial charge is 0.319 e. The van der Waals surface area contributed by atoms with Crippen LogP contribution in [0.3, 0.4) is 0 Å². The van der Waals surface area contributed by atoms with E-state index in [4.69, 9.17) is 17.3 Å². The number of amides is 2. The van der Waals surface area contributed by atoms with Crippen molar-refractivity contribution in [3.05, 3.63) is 29.3 Å². The summed E-state index contributed by atoms with van der Waals surface area (Å²) in [6.45, 7) is 0.503. The number of hydrogen-bond acceptors (Lipinski definition) is 2. The molecule has 0 bridgehead atoms. The van der Waals surface area contributed by atoms with E-state index in [1.807, 2.05) is 12.1 Å². The van der Waals surface area contributed by atoms with Crippen molar-refractivity contribution in [3.8, 4) is 0 Å². The number of benzene rings is 1. The van der Waals surface area contributed by atoms with Gasteiger partial charge in [0.25, 0.3) is 0 Å². The number of rotatable bonds is 3. The van der Waals surface area contributed by atoms with Gasteiger partial charge in [-0.25, -0.2) is 4.79 Å². The van der Waals surface area contributed by atoms with Gasteiger partial charge in [0, 0.05) is 12.1 Å². The fourth-order valence-electron chi connectivity index (χ4n) is 2.42. The third-order valence-electron chi connectivity index (χ3n) is 3.57. The number of carbonyl (C=O) groups is 1. The highest BCUT2D eigenvalue weighted by molar-refractivity contribution is 6.33. The molecule has 104 valence electrons. The van der Waals surface area contributed by atoms with Crippen molar-refractivity contribution in [2.45, 2.75) is 37.6 Å². The van der Waals surface area contributed by atoms with E-state index in [9.17, 15) is 4.79 Å². The van der Waals surface area contributed by atoms with Crippen molar-refractivity contribution in [2.24, 2.45) is 5.73 Å². The van der Waals surface area contributed by atoms with E-state index < -0.39 is 0 Å². The van der Waals surface area contributed by atoms with Gasteiger partial charge in [0.2, 0.25) is 0 Å². The molecule has 4 N–H and O–H groups in total. The molecule has 0 aromatic heterocycles. The summed E-state index contributed by atoms with van der Waals surface area (Å²) < 4.78 is 0. The molecule has 19 heavy (non-hydrogen) atoms. The fourth-order valence-corrected chi connectivity index (χ4v) is 2.60. The Bertz CT molecular complexity index is 444. The Morgan fingerprint density at radius 1 is 1.26 bits per heavy atom. The number of hydrogen-bond donors (Lipinski definition) is 3. The number of para-hydroxylation sites is 1.